The third kappa shape index (κ3) is 5.06. The van der Waals surface area contributed by atoms with Crippen LogP contribution in [0.25, 0.3) is 6.08 Å². The number of ether oxygens (including phenoxy) is 4. The van der Waals surface area contributed by atoms with Gasteiger partial charge in [-0.25, -0.2) is 4.79 Å². The van der Waals surface area contributed by atoms with Crippen LogP contribution in [0.5, 0.6) is 17.2 Å². The summed E-state index contributed by atoms with van der Waals surface area (Å²) in [4.78, 5) is 28.0. The largest absolute Gasteiger partial charge is 0.493 e. The highest BCUT2D eigenvalue weighted by Crippen LogP contribution is 2.40. The van der Waals surface area contributed by atoms with E-state index in [4.69, 9.17) is 14.2 Å². The Morgan fingerprint density at radius 1 is 1.19 bits per heavy atom. The quantitative estimate of drug-likeness (QED) is 0.265. The molecule has 1 aromatic carbocycles. The zero-order valence-electron chi connectivity index (χ0n) is 18.2. The second-order valence-electron chi connectivity index (χ2n) is 6.48. The predicted molar refractivity (Wildman–Crippen MR) is 110 cm³/mol. The Hall–Kier alpha value is -3.87. The van der Waals surface area contributed by atoms with E-state index in [2.05, 4.69) is 9.72 Å². The van der Waals surface area contributed by atoms with E-state index >= 15 is 0 Å². The summed E-state index contributed by atoms with van der Waals surface area (Å²) in [7, 11) is 2.50. The zero-order valence-corrected chi connectivity index (χ0v) is 18.2. The molecule has 1 heterocycles. The lowest BCUT2D eigenvalue weighted by Gasteiger charge is -2.14. The van der Waals surface area contributed by atoms with Crippen molar-refractivity contribution in [1.29, 1.82) is 5.26 Å². The van der Waals surface area contributed by atoms with Crippen molar-refractivity contribution in [3.05, 3.63) is 45.8 Å². The summed E-state index contributed by atoms with van der Waals surface area (Å²) in [6, 6.07) is 4.47. The second-order valence-corrected chi connectivity index (χ2v) is 6.48. The molecule has 0 saturated carbocycles. The Kier molecular flexibility index (Phi) is 7.96. The van der Waals surface area contributed by atoms with Gasteiger partial charge in [0.15, 0.2) is 11.5 Å². The second kappa shape index (κ2) is 10.4. The normalized spacial score (nSPS) is 11.2. The highest BCUT2D eigenvalue weighted by molar-refractivity contribution is 6.15. The number of nitrogens with one attached hydrogen (secondary N) is 1. The van der Waals surface area contributed by atoms with Crippen LogP contribution in [0.4, 0.5) is 8.78 Å². The van der Waals surface area contributed by atoms with Crippen molar-refractivity contribution in [3.8, 4) is 23.3 Å². The molecule has 0 saturated heterocycles. The van der Waals surface area contributed by atoms with Crippen molar-refractivity contribution >= 4 is 17.8 Å². The van der Waals surface area contributed by atoms with E-state index < -0.39 is 18.4 Å². The summed E-state index contributed by atoms with van der Waals surface area (Å²) in [5.74, 6) is -1.70. The fraction of sp³-hybridized carbons (Fsp3) is 0.318. The van der Waals surface area contributed by atoms with Crippen molar-refractivity contribution in [2.45, 2.75) is 27.4 Å². The van der Waals surface area contributed by atoms with Crippen LogP contribution in [0.3, 0.4) is 0 Å². The fourth-order valence-electron chi connectivity index (χ4n) is 3.13. The Morgan fingerprint density at radius 3 is 2.25 bits per heavy atom. The lowest BCUT2D eigenvalue weighted by atomic mass is 10.0. The lowest BCUT2D eigenvalue weighted by Crippen LogP contribution is -2.08. The lowest BCUT2D eigenvalue weighted by molar-refractivity contribution is -0.0526. The van der Waals surface area contributed by atoms with Gasteiger partial charge in [0.05, 0.1) is 32.1 Å². The number of benzene rings is 1. The number of nitrogens with zero attached hydrogens (tertiary/aromatic N) is 1. The molecule has 0 aliphatic rings. The molecular formula is C22H22F2N2O6. The van der Waals surface area contributed by atoms with Gasteiger partial charge in [0.25, 0.3) is 0 Å². The van der Waals surface area contributed by atoms with Gasteiger partial charge in [0.2, 0.25) is 11.5 Å². The molecule has 170 valence electrons. The van der Waals surface area contributed by atoms with Crippen LogP contribution < -0.4 is 14.2 Å². The topological polar surface area (TPSA) is 111 Å². The van der Waals surface area contributed by atoms with Gasteiger partial charge in [-0.15, -0.1) is 0 Å². The molecule has 0 amide bonds. The summed E-state index contributed by atoms with van der Waals surface area (Å²) in [6.07, 6.45) is 1.25. The van der Waals surface area contributed by atoms with Crippen LogP contribution in [-0.2, 0) is 4.74 Å². The van der Waals surface area contributed by atoms with E-state index in [1.54, 1.807) is 20.8 Å². The molecule has 0 aliphatic heterocycles. The van der Waals surface area contributed by atoms with Gasteiger partial charge in [-0.05, 0) is 50.1 Å². The van der Waals surface area contributed by atoms with Crippen LogP contribution in [0.15, 0.2) is 17.7 Å². The molecule has 2 rings (SSSR count). The molecule has 0 fully saturated rings. The Morgan fingerprint density at radius 2 is 1.78 bits per heavy atom. The average Bonchev–Trinajstić information content (AvgIpc) is 3.05. The first-order chi connectivity index (χ1) is 15.2. The van der Waals surface area contributed by atoms with Gasteiger partial charge in [-0.2, -0.15) is 14.0 Å². The number of ketones is 1. The zero-order chi connectivity index (χ0) is 24.0. The molecule has 0 atom stereocenters. The van der Waals surface area contributed by atoms with Gasteiger partial charge < -0.3 is 23.9 Å². The number of methoxy groups -OCH3 is 2. The molecular weight excluding hydrogens is 426 g/mol. The Balaban J connectivity index is 2.52. The van der Waals surface area contributed by atoms with Gasteiger partial charge in [0, 0.05) is 5.69 Å². The molecule has 1 N–H and O–H groups in total. The van der Waals surface area contributed by atoms with Crippen LogP contribution in [0, 0.1) is 25.2 Å². The van der Waals surface area contributed by atoms with Crippen LogP contribution >= 0.6 is 0 Å². The number of carbonyl (C=O) groups excluding carboxylic acids is 2. The smallest absolute Gasteiger partial charge is 0.387 e. The SMILES string of the molecule is CCOC(=O)c1c(C)[nH]c(C(=O)/C(C#N)=C/c2cc(OC)c(OC(F)F)c(OC)c2)c1C. The summed E-state index contributed by atoms with van der Waals surface area (Å²) in [5, 5.41) is 9.58. The van der Waals surface area contributed by atoms with E-state index in [0.717, 1.165) is 0 Å². The number of alkyl halides is 2. The van der Waals surface area contributed by atoms with Crippen LogP contribution in [0.2, 0.25) is 0 Å². The summed E-state index contributed by atoms with van der Waals surface area (Å²) in [5.41, 5.74) is 1.08. The molecule has 0 spiro atoms. The molecule has 10 heteroatoms. The average molecular weight is 448 g/mol. The van der Waals surface area contributed by atoms with E-state index in [-0.39, 0.29) is 46.2 Å². The number of carbonyl (C=O) groups is 2. The Bertz CT molecular complexity index is 1070. The van der Waals surface area contributed by atoms with Gasteiger partial charge in [-0.3, -0.25) is 4.79 Å². The minimum atomic E-state index is -3.11. The maximum Gasteiger partial charge on any atom is 0.387 e. The monoisotopic (exact) mass is 448 g/mol. The predicted octanol–water partition coefficient (Wildman–Crippen LogP) is 4.22. The molecule has 2 aromatic rings. The molecule has 0 radical (unpaired) electrons. The number of H-pyrrole nitrogens is 1. The first kappa shape index (κ1) is 24.4. The van der Waals surface area contributed by atoms with Crippen molar-refractivity contribution in [2.75, 3.05) is 20.8 Å². The first-order valence-electron chi connectivity index (χ1n) is 9.41. The molecule has 0 unspecified atom stereocenters. The number of aryl methyl sites for hydroxylation is 1. The maximum absolute atomic E-state index is 13.0. The highest BCUT2D eigenvalue weighted by atomic mass is 19.3. The Labute approximate surface area is 183 Å². The maximum atomic E-state index is 13.0. The number of halogens is 2. The molecule has 32 heavy (non-hydrogen) atoms. The summed E-state index contributed by atoms with van der Waals surface area (Å²) < 4.78 is 45.1. The van der Waals surface area contributed by atoms with Crippen molar-refractivity contribution < 1.29 is 37.3 Å². The van der Waals surface area contributed by atoms with Crippen LogP contribution in [0.1, 0.15) is 44.6 Å². The van der Waals surface area contributed by atoms with E-state index in [0.29, 0.717) is 11.3 Å². The summed E-state index contributed by atoms with van der Waals surface area (Å²) >= 11 is 0. The minimum Gasteiger partial charge on any atom is -0.493 e. The summed E-state index contributed by atoms with van der Waals surface area (Å²) in [6.45, 7) is 1.91. The number of aromatic nitrogens is 1. The molecule has 0 aliphatic carbocycles. The third-order valence-electron chi connectivity index (χ3n) is 4.51. The third-order valence-corrected chi connectivity index (χ3v) is 4.51. The van der Waals surface area contributed by atoms with E-state index in [1.165, 1.54) is 32.4 Å². The number of hydrogen-bond donors (Lipinski definition) is 1. The van der Waals surface area contributed by atoms with Crippen molar-refractivity contribution in [3.63, 3.8) is 0 Å². The first-order valence-corrected chi connectivity index (χ1v) is 9.41. The molecule has 0 bridgehead atoms. The van der Waals surface area contributed by atoms with Crippen molar-refractivity contribution in [2.24, 2.45) is 0 Å². The minimum absolute atomic E-state index is 0.0648. The van der Waals surface area contributed by atoms with Crippen molar-refractivity contribution in [1.82, 2.24) is 4.98 Å². The van der Waals surface area contributed by atoms with E-state index in [1.807, 2.05) is 6.07 Å². The number of aromatic amines is 1. The number of esters is 1. The van der Waals surface area contributed by atoms with Gasteiger partial charge in [-0.1, -0.05) is 0 Å². The molecule has 1 aromatic heterocycles. The van der Waals surface area contributed by atoms with Gasteiger partial charge >= 0.3 is 12.6 Å². The highest BCUT2D eigenvalue weighted by Gasteiger charge is 2.25. The number of rotatable bonds is 9. The fourth-order valence-corrected chi connectivity index (χ4v) is 3.13. The van der Waals surface area contributed by atoms with E-state index in [9.17, 15) is 23.6 Å². The molecule has 8 nitrogen and oxygen atoms in total. The number of Topliss-reactive ketones (excluding diaryl/α,β-unsaturated/α-hetero) is 1. The number of hydrogen-bond acceptors (Lipinski definition) is 7. The van der Waals surface area contributed by atoms with Gasteiger partial charge in [0.1, 0.15) is 11.6 Å². The number of allylic oxidation sites excluding steroid dienone is 1. The number of nitriles is 1. The standard InChI is InChI=1S/C22H22F2N2O6/c1-6-31-21(28)17-11(2)18(26-12(17)3)19(27)14(10-25)7-13-8-15(29-4)20(32-22(23)24)16(9-13)30-5/h7-9,22,26H,6H2,1-5H3/b14-7+. The van der Waals surface area contributed by atoms with Crippen LogP contribution in [-0.4, -0.2) is 44.2 Å².